The van der Waals surface area contributed by atoms with Gasteiger partial charge in [-0.25, -0.2) is 4.98 Å². The van der Waals surface area contributed by atoms with E-state index in [0.29, 0.717) is 5.69 Å². The van der Waals surface area contributed by atoms with Gasteiger partial charge in [0.25, 0.3) is 5.91 Å². The molecule has 0 spiro atoms. The van der Waals surface area contributed by atoms with E-state index in [1.54, 1.807) is 6.20 Å². The molecule has 1 N–H and O–H groups in total. The Balaban J connectivity index is 1.70. The second-order valence-corrected chi connectivity index (χ2v) is 5.58. The van der Waals surface area contributed by atoms with Crippen molar-refractivity contribution in [1.29, 1.82) is 0 Å². The number of nitrogens with one attached hydrogen (secondary N) is 1. The van der Waals surface area contributed by atoms with Crippen LogP contribution >= 0.6 is 0 Å². The zero-order valence-corrected chi connectivity index (χ0v) is 12.7. The van der Waals surface area contributed by atoms with E-state index in [2.05, 4.69) is 10.3 Å². The Morgan fingerprint density at radius 1 is 1.09 bits per heavy atom. The average Bonchev–Trinajstić information content (AvgIpc) is 2.98. The maximum absolute atomic E-state index is 12.5. The minimum absolute atomic E-state index is 0.206. The molecule has 0 aliphatic rings. The molecule has 0 saturated carbocycles. The first-order valence-corrected chi connectivity index (χ1v) is 7.45. The third-order valence-corrected chi connectivity index (χ3v) is 3.89. The van der Waals surface area contributed by atoms with Crippen LogP contribution in [0.15, 0.2) is 67.0 Å². The Labute approximate surface area is 133 Å². The molecular formula is C19H15N3O. The van der Waals surface area contributed by atoms with E-state index in [9.17, 15) is 4.79 Å². The number of pyridine rings is 1. The van der Waals surface area contributed by atoms with Gasteiger partial charge in [0.1, 0.15) is 11.3 Å². The SMILES string of the molecule is Cc1ccn2cc(C(=O)Nc3cccc4ccccc34)nc2c1. The van der Waals surface area contributed by atoms with Crippen molar-refractivity contribution in [3.8, 4) is 0 Å². The van der Waals surface area contributed by atoms with Gasteiger partial charge in [0.15, 0.2) is 0 Å². The summed E-state index contributed by atoms with van der Waals surface area (Å²) in [6.45, 7) is 2.00. The second kappa shape index (κ2) is 5.25. The van der Waals surface area contributed by atoms with E-state index in [-0.39, 0.29) is 5.91 Å². The summed E-state index contributed by atoms with van der Waals surface area (Å²) < 4.78 is 1.85. The predicted molar refractivity (Wildman–Crippen MR) is 91.8 cm³/mol. The number of carbonyl (C=O) groups is 1. The molecule has 2 heterocycles. The summed E-state index contributed by atoms with van der Waals surface area (Å²) in [5, 5.41) is 5.07. The summed E-state index contributed by atoms with van der Waals surface area (Å²) in [5.74, 6) is -0.206. The number of benzene rings is 2. The van der Waals surface area contributed by atoms with Gasteiger partial charge in [-0.05, 0) is 36.1 Å². The summed E-state index contributed by atoms with van der Waals surface area (Å²) in [4.78, 5) is 16.9. The normalized spacial score (nSPS) is 11.0. The smallest absolute Gasteiger partial charge is 0.275 e. The van der Waals surface area contributed by atoms with Crippen LogP contribution in [0.1, 0.15) is 16.1 Å². The number of aryl methyl sites for hydroxylation is 1. The highest BCUT2D eigenvalue weighted by atomic mass is 16.1. The van der Waals surface area contributed by atoms with Gasteiger partial charge >= 0.3 is 0 Å². The minimum atomic E-state index is -0.206. The largest absolute Gasteiger partial charge is 0.320 e. The number of anilines is 1. The first-order valence-electron chi connectivity index (χ1n) is 7.45. The molecule has 4 heteroatoms. The predicted octanol–water partition coefficient (Wildman–Crippen LogP) is 4.05. The van der Waals surface area contributed by atoms with E-state index in [1.807, 2.05) is 72.1 Å². The highest BCUT2D eigenvalue weighted by Gasteiger charge is 2.12. The highest BCUT2D eigenvalue weighted by molar-refractivity contribution is 6.08. The molecule has 0 aliphatic heterocycles. The lowest BCUT2D eigenvalue weighted by atomic mass is 10.1. The van der Waals surface area contributed by atoms with Crippen LogP contribution in [0.25, 0.3) is 16.4 Å². The van der Waals surface area contributed by atoms with Gasteiger partial charge in [0.2, 0.25) is 0 Å². The number of nitrogens with zero attached hydrogens (tertiary/aromatic N) is 2. The van der Waals surface area contributed by atoms with Gasteiger partial charge in [-0.15, -0.1) is 0 Å². The molecule has 2 aromatic heterocycles. The summed E-state index contributed by atoms with van der Waals surface area (Å²) >= 11 is 0. The maximum atomic E-state index is 12.5. The summed E-state index contributed by atoms with van der Waals surface area (Å²) in [7, 11) is 0. The number of carbonyl (C=O) groups excluding carboxylic acids is 1. The van der Waals surface area contributed by atoms with Gasteiger partial charge in [-0.2, -0.15) is 0 Å². The molecule has 0 bridgehead atoms. The molecule has 4 nitrogen and oxygen atoms in total. The first kappa shape index (κ1) is 13.5. The third kappa shape index (κ3) is 2.44. The first-order chi connectivity index (χ1) is 11.2. The van der Waals surface area contributed by atoms with Crippen LogP contribution in [0.4, 0.5) is 5.69 Å². The van der Waals surface area contributed by atoms with E-state index in [4.69, 9.17) is 0 Å². The Kier molecular flexibility index (Phi) is 3.08. The minimum Gasteiger partial charge on any atom is -0.320 e. The Morgan fingerprint density at radius 2 is 1.91 bits per heavy atom. The number of hydrogen-bond acceptors (Lipinski definition) is 2. The van der Waals surface area contributed by atoms with Crippen molar-refractivity contribution < 1.29 is 4.79 Å². The standard InChI is InChI=1S/C19H15N3O/c1-13-9-10-22-12-17(20-18(22)11-13)19(23)21-16-8-4-6-14-5-2-3-7-15(14)16/h2-12H,1H3,(H,21,23). The van der Waals surface area contributed by atoms with Crippen molar-refractivity contribution in [2.45, 2.75) is 6.92 Å². The highest BCUT2D eigenvalue weighted by Crippen LogP contribution is 2.23. The molecule has 2 aromatic carbocycles. The van der Waals surface area contributed by atoms with Gasteiger partial charge in [-0.1, -0.05) is 36.4 Å². The lowest BCUT2D eigenvalue weighted by molar-refractivity contribution is 0.102. The van der Waals surface area contributed by atoms with Crippen molar-refractivity contribution in [2.75, 3.05) is 5.32 Å². The third-order valence-electron chi connectivity index (χ3n) is 3.89. The van der Waals surface area contributed by atoms with E-state index < -0.39 is 0 Å². The monoisotopic (exact) mass is 301 g/mol. The summed E-state index contributed by atoms with van der Waals surface area (Å²) in [6.07, 6.45) is 3.65. The number of imidazole rings is 1. The molecule has 0 atom stereocenters. The zero-order valence-electron chi connectivity index (χ0n) is 12.7. The molecule has 0 radical (unpaired) electrons. The molecule has 0 unspecified atom stereocenters. The topological polar surface area (TPSA) is 46.4 Å². The van der Waals surface area contributed by atoms with E-state index in [1.165, 1.54) is 0 Å². The van der Waals surface area contributed by atoms with Crippen molar-refractivity contribution in [3.63, 3.8) is 0 Å². The number of hydrogen-bond donors (Lipinski definition) is 1. The number of amides is 1. The Morgan fingerprint density at radius 3 is 2.83 bits per heavy atom. The average molecular weight is 301 g/mol. The Bertz CT molecular complexity index is 1030. The van der Waals surface area contributed by atoms with Gasteiger partial charge in [0, 0.05) is 23.5 Å². The van der Waals surface area contributed by atoms with Crippen LogP contribution in [-0.2, 0) is 0 Å². The van der Waals surface area contributed by atoms with Crippen molar-refractivity contribution in [2.24, 2.45) is 0 Å². The number of rotatable bonds is 2. The summed E-state index contributed by atoms with van der Waals surface area (Å²) in [5.41, 5.74) is 3.09. The van der Waals surface area contributed by atoms with E-state index in [0.717, 1.165) is 27.7 Å². The lowest BCUT2D eigenvalue weighted by Gasteiger charge is -2.07. The van der Waals surface area contributed by atoms with Crippen molar-refractivity contribution >= 4 is 28.0 Å². The molecular weight excluding hydrogens is 286 g/mol. The second-order valence-electron chi connectivity index (χ2n) is 5.58. The quantitative estimate of drug-likeness (QED) is 0.607. The molecule has 0 fully saturated rings. The molecule has 23 heavy (non-hydrogen) atoms. The van der Waals surface area contributed by atoms with Gasteiger partial charge < -0.3 is 9.72 Å². The lowest BCUT2D eigenvalue weighted by Crippen LogP contribution is -2.12. The zero-order chi connectivity index (χ0) is 15.8. The van der Waals surface area contributed by atoms with Crippen LogP contribution in [0, 0.1) is 6.92 Å². The van der Waals surface area contributed by atoms with Crippen molar-refractivity contribution in [3.05, 3.63) is 78.2 Å². The summed E-state index contributed by atoms with van der Waals surface area (Å²) in [6, 6.07) is 17.8. The molecule has 0 saturated heterocycles. The molecule has 4 rings (SSSR count). The van der Waals surface area contributed by atoms with Crippen LogP contribution in [-0.4, -0.2) is 15.3 Å². The van der Waals surface area contributed by atoms with Gasteiger partial charge in [-0.3, -0.25) is 4.79 Å². The molecule has 112 valence electrons. The fourth-order valence-corrected chi connectivity index (χ4v) is 2.71. The van der Waals surface area contributed by atoms with Crippen LogP contribution in [0.5, 0.6) is 0 Å². The Hall–Kier alpha value is -3.14. The van der Waals surface area contributed by atoms with E-state index >= 15 is 0 Å². The molecule has 0 aliphatic carbocycles. The number of fused-ring (bicyclic) bond motifs is 2. The van der Waals surface area contributed by atoms with Crippen LogP contribution in [0.2, 0.25) is 0 Å². The maximum Gasteiger partial charge on any atom is 0.275 e. The fourth-order valence-electron chi connectivity index (χ4n) is 2.71. The van der Waals surface area contributed by atoms with Crippen LogP contribution < -0.4 is 5.32 Å². The van der Waals surface area contributed by atoms with Gasteiger partial charge in [0.05, 0.1) is 0 Å². The van der Waals surface area contributed by atoms with Crippen LogP contribution in [0.3, 0.4) is 0 Å². The molecule has 1 amide bonds. The number of aromatic nitrogens is 2. The fraction of sp³-hybridized carbons (Fsp3) is 0.0526. The van der Waals surface area contributed by atoms with Crippen molar-refractivity contribution in [1.82, 2.24) is 9.38 Å². The molecule has 4 aromatic rings.